The number of anilines is 1. The Hall–Kier alpha value is -3.44. The van der Waals surface area contributed by atoms with E-state index in [4.69, 9.17) is 4.74 Å². The molecule has 1 N–H and O–H groups in total. The van der Waals surface area contributed by atoms with Crippen LogP contribution in [0.15, 0.2) is 84.9 Å². The summed E-state index contributed by atoms with van der Waals surface area (Å²) >= 11 is 0. The van der Waals surface area contributed by atoms with Gasteiger partial charge in [-0.25, -0.2) is 4.79 Å². The number of nitrogens with zero attached hydrogens (tertiary/aromatic N) is 1. The lowest BCUT2D eigenvalue weighted by Gasteiger charge is -2.28. The second-order valence-corrected chi connectivity index (χ2v) is 7.46. The molecule has 3 aromatic rings. The first kappa shape index (κ1) is 19.9. The minimum atomic E-state index is -2.00. The summed E-state index contributed by atoms with van der Waals surface area (Å²) in [6.45, 7) is 1.52. The van der Waals surface area contributed by atoms with Crippen molar-refractivity contribution in [3.05, 3.63) is 102 Å². The molecule has 0 fully saturated rings. The predicted octanol–water partition coefficient (Wildman–Crippen LogP) is 3.44. The number of benzene rings is 3. The van der Waals surface area contributed by atoms with Crippen LogP contribution < -0.4 is 4.90 Å². The molecule has 0 unspecified atom stereocenters. The molecule has 0 aromatic heterocycles. The number of fused-ring (bicyclic) bond motifs is 1. The van der Waals surface area contributed by atoms with Crippen LogP contribution in [0.25, 0.3) is 0 Å². The Morgan fingerprint density at radius 2 is 1.47 bits per heavy atom. The summed E-state index contributed by atoms with van der Waals surface area (Å²) in [7, 11) is 0. The number of amides is 1. The number of hydrogen-bond donors (Lipinski definition) is 1. The number of carbonyl (C=O) groups excluding carboxylic acids is 2. The molecular formula is C25H23NO4. The fourth-order valence-electron chi connectivity index (χ4n) is 4.01. The van der Waals surface area contributed by atoms with Crippen molar-refractivity contribution in [2.45, 2.75) is 25.0 Å². The van der Waals surface area contributed by atoms with Crippen molar-refractivity contribution in [3.63, 3.8) is 0 Å². The first-order valence-electron chi connectivity index (χ1n) is 9.92. The van der Waals surface area contributed by atoms with Crippen LogP contribution in [0.2, 0.25) is 0 Å². The van der Waals surface area contributed by atoms with Crippen molar-refractivity contribution >= 4 is 17.6 Å². The molecule has 1 heterocycles. The minimum Gasteiger partial charge on any atom is -0.453 e. The lowest BCUT2D eigenvalue weighted by Crippen LogP contribution is -2.43. The van der Waals surface area contributed by atoms with Crippen LogP contribution in [-0.4, -0.2) is 29.6 Å². The standard InChI is InChI=1S/C25H23NO4/c1-18-16-19-10-8-9-15-22(19)26(18)23(27)17-30-24(28)25(29,20-11-4-2-5-12-20)21-13-6-3-7-14-21/h2-15,18,29H,16-17H2,1H3/t18-/m1/s1. The summed E-state index contributed by atoms with van der Waals surface area (Å²) in [5, 5.41) is 11.4. The maximum absolute atomic E-state index is 13.1. The van der Waals surface area contributed by atoms with Gasteiger partial charge < -0.3 is 14.7 Å². The van der Waals surface area contributed by atoms with Gasteiger partial charge in [0.05, 0.1) is 0 Å². The fourth-order valence-corrected chi connectivity index (χ4v) is 4.01. The van der Waals surface area contributed by atoms with E-state index in [1.54, 1.807) is 65.6 Å². The Kier molecular flexibility index (Phi) is 5.38. The highest BCUT2D eigenvalue weighted by Gasteiger charge is 2.42. The smallest absolute Gasteiger partial charge is 0.348 e. The van der Waals surface area contributed by atoms with Crippen molar-refractivity contribution in [3.8, 4) is 0 Å². The van der Waals surface area contributed by atoms with Gasteiger partial charge in [-0.3, -0.25) is 4.79 Å². The van der Waals surface area contributed by atoms with Gasteiger partial charge in [-0.2, -0.15) is 0 Å². The van der Waals surface area contributed by atoms with Crippen LogP contribution in [0.1, 0.15) is 23.6 Å². The number of rotatable bonds is 5. The molecule has 152 valence electrons. The summed E-state index contributed by atoms with van der Waals surface area (Å²) in [6, 6.07) is 24.9. The van der Waals surface area contributed by atoms with E-state index in [0.717, 1.165) is 17.7 Å². The Morgan fingerprint density at radius 3 is 2.07 bits per heavy atom. The molecule has 1 aliphatic rings. The zero-order valence-electron chi connectivity index (χ0n) is 16.7. The molecule has 1 aliphatic heterocycles. The third kappa shape index (κ3) is 3.48. The van der Waals surface area contributed by atoms with Gasteiger partial charge in [0.1, 0.15) is 0 Å². The number of para-hydroxylation sites is 1. The molecule has 4 rings (SSSR count). The number of esters is 1. The zero-order chi connectivity index (χ0) is 21.1. The molecule has 0 radical (unpaired) electrons. The molecule has 1 atom stereocenters. The molecule has 3 aromatic carbocycles. The van der Waals surface area contributed by atoms with Crippen molar-refractivity contribution in [1.29, 1.82) is 0 Å². The minimum absolute atomic E-state index is 0.0178. The van der Waals surface area contributed by atoms with Gasteiger partial charge in [0, 0.05) is 11.7 Å². The summed E-state index contributed by atoms with van der Waals surface area (Å²) in [4.78, 5) is 27.6. The highest BCUT2D eigenvalue weighted by atomic mass is 16.6. The molecule has 0 bridgehead atoms. The average molecular weight is 401 g/mol. The van der Waals surface area contributed by atoms with Gasteiger partial charge in [0.25, 0.3) is 5.91 Å². The van der Waals surface area contributed by atoms with Crippen molar-refractivity contribution in [2.24, 2.45) is 0 Å². The Balaban J connectivity index is 1.56. The Morgan fingerprint density at radius 1 is 0.933 bits per heavy atom. The van der Waals surface area contributed by atoms with E-state index in [0.29, 0.717) is 11.1 Å². The van der Waals surface area contributed by atoms with Gasteiger partial charge in [-0.15, -0.1) is 0 Å². The second-order valence-electron chi connectivity index (χ2n) is 7.46. The third-order valence-electron chi connectivity index (χ3n) is 5.48. The largest absolute Gasteiger partial charge is 0.453 e. The summed E-state index contributed by atoms with van der Waals surface area (Å²) < 4.78 is 5.37. The molecule has 0 aliphatic carbocycles. The summed E-state index contributed by atoms with van der Waals surface area (Å²) in [6.07, 6.45) is 0.758. The molecular weight excluding hydrogens is 378 g/mol. The number of ether oxygens (including phenoxy) is 1. The molecule has 0 saturated carbocycles. The maximum atomic E-state index is 13.1. The van der Waals surface area contributed by atoms with Crippen LogP contribution in [0, 0.1) is 0 Å². The second kappa shape index (κ2) is 8.13. The van der Waals surface area contributed by atoms with Crippen LogP contribution in [0.4, 0.5) is 5.69 Å². The van der Waals surface area contributed by atoms with Crippen molar-refractivity contribution < 1.29 is 19.4 Å². The molecule has 30 heavy (non-hydrogen) atoms. The molecule has 1 amide bonds. The molecule has 5 nitrogen and oxygen atoms in total. The van der Waals surface area contributed by atoms with Gasteiger partial charge in [-0.1, -0.05) is 78.9 Å². The van der Waals surface area contributed by atoms with Crippen molar-refractivity contribution in [2.75, 3.05) is 11.5 Å². The third-order valence-corrected chi connectivity index (χ3v) is 5.48. The maximum Gasteiger partial charge on any atom is 0.348 e. The van der Waals surface area contributed by atoms with Gasteiger partial charge in [0.15, 0.2) is 6.61 Å². The van der Waals surface area contributed by atoms with E-state index in [2.05, 4.69) is 0 Å². The topological polar surface area (TPSA) is 66.8 Å². The fraction of sp³-hybridized carbons (Fsp3) is 0.200. The lowest BCUT2D eigenvalue weighted by atomic mass is 9.86. The molecule has 0 saturated heterocycles. The predicted molar refractivity (Wildman–Crippen MR) is 114 cm³/mol. The van der Waals surface area contributed by atoms with Crippen LogP contribution in [0.5, 0.6) is 0 Å². The average Bonchev–Trinajstić information content (AvgIpc) is 3.13. The van der Waals surface area contributed by atoms with E-state index >= 15 is 0 Å². The van der Waals surface area contributed by atoms with E-state index in [1.807, 2.05) is 31.2 Å². The highest BCUT2D eigenvalue weighted by molar-refractivity contribution is 5.98. The van der Waals surface area contributed by atoms with Crippen molar-refractivity contribution in [1.82, 2.24) is 0 Å². The normalized spacial score (nSPS) is 15.5. The SMILES string of the molecule is C[C@@H]1Cc2ccccc2N1C(=O)COC(=O)C(O)(c1ccccc1)c1ccccc1. The Labute approximate surface area is 175 Å². The monoisotopic (exact) mass is 401 g/mol. The van der Waals surface area contributed by atoms with Crippen LogP contribution in [-0.2, 0) is 26.3 Å². The molecule has 0 spiro atoms. The van der Waals surface area contributed by atoms with E-state index < -0.39 is 18.2 Å². The number of hydrogen-bond acceptors (Lipinski definition) is 4. The van der Waals surface area contributed by atoms with E-state index in [1.165, 1.54) is 0 Å². The van der Waals surface area contributed by atoms with Gasteiger partial charge in [-0.05, 0) is 36.1 Å². The summed E-state index contributed by atoms with van der Waals surface area (Å²) in [5.41, 5.74) is 0.696. The van der Waals surface area contributed by atoms with Crippen LogP contribution in [0.3, 0.4) is 0 Å². The van der Waals surface area contributed by atoms with Gasteiger partial charge >= 0.3 is 5.97 Å². The van der Waals surface area contributed by atoms with E-state index in [9.17, 15) is 14.7 Å². The zero-order valence-corrected chi connectivity index (χ0v) is 16.7. The summed E-state index contributed by atoms with van der Waals surface area (Å²) in [5.74, 6) is -1.20. The van der Waals surface area contributed by atoms with Crippen LogP contribution >= 0.6 is 0 Å². The van der Waals surface area contributed by atoms with Gasteiger partial charge in [0.2, 0.25) is 5.60 Å². The number of aliphatic hydroxyl groups is 1. The highest BCUT2D eigenvalue weighted by Crippen LogP contribution is 2.33. The quantitative estimate of drug-likeness (QED) is 0.665. The Bertz CT molecular complexity index is 1010. The first-order chi connectivity index (χ1) is 14.5. The molecule has 5 heteroatoms. The number of carbonyl (C=O) groups is 2. The first-order valence-corrected chi connectivity index (χ1v) is 9.92. The van der Waals surface area contributed by atoms with E-state index in [-0.39, 0.29) is 11.9 Å². The lowest BCUT2D eigenvalue weighted by molar-refractivity contribution is -0.164.